The Morgan fingerprint density at radius 3 is 2.06 bits per heavy atom. The number of amides is 1. The van der Waals surface area contributed by atoms with E-state index in [0.29, 0.717) is 38.8 Å². The number of aromatic hydroxyl groups is 3. The minimum atomic E-state index is -2.04. The number of likely N-dealkylation sites (N-methyl/N-ethyl adjacent to an activating group) is 1. The molecule has 12 N–H and O–H groups in total. The standard InChI is InChI=1S/C43H58N4O12.C21H18F3N3O3.C10H24N2O2/c1-21-12-11-13-22(2)42(55)45-33-28(20-44-47-17-15-46(9)16-18-47)37(52)30-31(38(33)53)36(51)26(6)40-32(30)41(54)43(8,59-40)57-19-14-29(56-10)23(3)39(58-27(7)48)25(5)35(50)24(4)34(21)49;1-11-9-26(5-4-25-11)19-8-18-13(7-16(19)24)20(28)14(21(29)30)10-27(18)17-3-2-12(22)6-15(17)23;1-3-9(7-13)11-5-6-12-10(4-2)8-14/h11-14,19-21,23-25,29,34-35,39,49-53H,15-18H2,1-10H3,(H,45,55);2-3,6-8,10-11,25H,4-5,9H2,1H3,(H,29,30);9-14H,3-8H2,1-2H3/b12-11+,19-14+,22-13-,44-20+;;/t21-,23+,24+,25+,29-,34-,35+,39+,43-;;9-,10-/m0.0/s1. The summed E-state index contributed by atoms with van der Waals surface area (Å²) in [6.45, 7) is 24.8. The number of rotatable bonds is 16. The topological polar surface area (TPSA) is 359 Å². The number of Topliss-reactive ketones (excluding diaryl/α,β-unsaturated/α-hetero) is 1. The molecule has 2 saturated heterocycles. The van der Waals surface area contributed by atoms with Crippen molar-refractivity contribution >= 4 is 62.9 Å². The molecule has 0 aliphatic carbocycles. The Balaban J connectivity index is 0.000000277. The highest BCUT2D eigenvalue weighted by atomic mass is 19.1. The second kappa shape index (κ2) is 36.2. The van der Waals surface area contributed by atoms with Gasteiger partial charge in [-0.3, -0.25) is 24.2 Å². The number of ketones is 1. The van der Waals surface area contributed by atoms with Gasteiger partial charge in [-0.2, -0.15) is 5.10 Å². The number of anilines is 2. The lowest BCUT2D eigenvalue weighted by Crippen LogP contribution is -2.49. The molecule has 5 aliphatic rings. The van der Waals surface area contributed by atoms with Crippen molar-refractivity contribution in [1.82, 2.24) is 30.4 Å². The number of halogens is 3. The van der Waals surface area contributed by atoms with Gasteiger partial charge in [0.1, 0.15) is 46.4 Å². The van der Waals surface area contributed by atoms with Crippen molar-refractivity contribution in [3.05, 3.63) is 123 Å². The van der Waals surface area contributed by atoms with Crippen LogP contribution >= 0.6 is 0 Å². The third-order valence-corrected chi connectivity index (χ3v) is 19.5. The maximum absolute atomic E-state index is 14.9. The Hall–Kier alpha value is -8.65. The van der Waals surface area contributed by atoms with Crippen LogP contribution in [0.5, 0.6) is 23.0 Å². The number of benzene rings is 4. The molecular formula is C74H100F3N9O17. The average molecular weight is 1440 g/mol. The van der Waals surface area contributed by atoms with Gasteiger partial charge in [-0.1, -0.05) is 59.8 Å². The minimum Gasteiger partial charge on any atom is -0.507 e. The van der Waals surface area contributed by atoms with Gasteiger partial charge in [0, 0.05) is 156 Å². The Morgan fingerprint density at radius 2 is 1.48 bits per heavy atom. The zero-order chi connectivity index (χ0) is 76.1. The van der Waals surface area contributed by atoms with Crippen LogP contribution in [0, 0.1) is 48.0 Å². The molecule has 10 rings (SSSR count). The third-order valence-electron chi connectivity index (χ3n) is 19.5. The molecule has 29 heteroatoms. The molecule has 12 atom stereocenters. The number of carboxylic acids is 1. The number of aromatic carboxylic acids is 1. The third kappa shape index (κ3) is 19.0. The number of hydrogen-bond donors (Lipinski definition) is 12. The van der Waals surface area contributed by atoms with Crippen LogP contribution in [0.4, 0.5) is 24.5 Å². The number of pyridine rings is 1. The quantitative estimate of drug-likeness (QED) is 0.0156. The number of fused-ring (bicyclic) bond motifs is 15. The lowest BCUT2D eigenvalue weighted by Gasteiger charge is -2.38. The van der Waals surface area contributed by atoms with E-state index >= 15 is 0 Å². The van der Waals surface area contributed by atoms with Crippen molar-refractivity contribution in [2.24, 2.45) is 28.8 Å². The molecule has 1 aromatic heterocycles. The van der Waals surface area contributed by atoms with Gasteiger partial charge in [-0.25, -0.2) is 18.0 Å². The summed E-state index contributed by atoms with van der Waals surface area (Å²) in [5.41, 5.74) is -1.69. The van der Waals surface area contributed by atoms with Gasteiger partial charge in [-0.15, -0.1) is 0 Å². The monoisotopic (exact) mass is 1440 g/mol. The highest BCUT2D eigenvalue weighted by Crippen LogP contribution is 2.55. The number of aliphatic hydroxyl groups is 4. The highest BCUT2D eigenvalue weighted by Gasteiger charge is 2.50. The number of carboxylic acid groups (broad SMARTS) is 1. The number of aromatic nitrogens is 1. The fourth-order valence-corrected chi connectivity index (χ4v) is 12.9. The zero-order valence-corrected chi connectivity index (χ0v) is 60.6. The summed E-state index contributed by atoms with van der Waals surface area (Å²) in [6.07, 6.45) is 7.71. The van der Waals surface area contributed by atoms with Crippen molar-refractivity contribution < 1.29 is 92.1 Å². The predicted molar refractivity (Wildman–Crippen MR) is 385 cm³/mol. The van der Waals surface area contributed by atoms with Crippen LogP contribution in [-0.2, 0) is 23.8 Å². The number of piperazine rings is 2. The summed E-state index contributed by atoms with van der Waals surface area (Å²) >= 11 is 0. The van der Waals surface area contributed by atoms with Crippen LogP contribution in [0.1, 0.15) is 114 Å². The van der Waals surface area contributed by atoms with Gasteiger partial charge >= 0.3 is 17.7 Å². The first-order valence-corrected chi connectivity index (χ1v) is 34.6. The van der Waals surface area contributed by atoms with Gasteiger partial charge in [0.2, 0.25) is 5.43 Å². The van der Waals surface area contributed by atoms with E-state index in [-0.39, 0.29) is 98.1 Å². The largest absolute Gasteiger partial charge is 0.507 e. The molecule has 564 valence electrons. The molecule has 5 aliphatic heterocycles. The summed E-state index contributed by atoms with van der Waals surface area (Å²) in [4.78, 5) is 68.6. The number of methoxy groups -OCH3 is 1. The molecular weight excluding hydrogens is 1340 g/mol. The van der Waals surface area contributed by atoms with E-state index in [0.717, 1.165) is 68.0 Å². The van der Waals surface area contributed by atoms with E-state index in [2.05, 4.69) is 31.3 Å². The Labute approximate surface area is 597 Å². The Kier molecular flexibility index (Phi) is 28.7. The maximum atomic E-state index is 14.9. The number of phenolic OH excluding ortho intramolecular Hbond substituents is 3. The SMILES string of the molecule is CC1CN(c2cc3c(cc2F)c(=O)c(C(=O)O)cn3-c2ccc(F)cc2F)CCN1.CC[C@@H](CO)NCCN[C@@H](CC)CO.CO[C@H]1/C=C/O[C@@]2(C)Oc3c(C)c(O)c4c(O)c(c(/C=N/N5CCN(C)CC5)c(O)c4c3C2=O)NC(=O)/C(C)=C\C=C\[C@H](C)[C@H](O)[C@@H](C)[C@@H](O)[C@@H](C)[C@H](OC(C)=O)[C@@H]1C. The summed E-state index contributed by atoms with van der Waals surface area (Å²) in [5.74, 6) is -12.3. The smallest absolute Gasteiger partial charge is 0.341 e. The van der Waals surface area contributed by atoms with E-state index in [4.69, 9.17) is 29.2 Å². The number of aliphatic hydroxyl groups excluding tert-OH is 4. The van der Waals surface area contributed by atoms with Crippen LogP contribution in [0.2, 0.25) is 0 Å². The molecule has 1 unspecified atom stereocenters. The maximum Gasteiger partial charge on any atom is 0.341 e. The lowest BCUT2D eigenvalue weighted by molar-refractivity contribution is -0.160. The van der Waals surface area contributed by atoms with Crippen LogP contribution in [-0.4, -0.2) is 220 Å². The normalized spacial score (nSPS) is 25.4. The zero-order valence-electron chi connectivity index (χ0n) is 60.6. The molecule has 103 heavy (non-hydrogen) atoms. The number of allylic oxidation sites excluding steroid dienone is 2. The second-order valence-corrected chi connectivity index (χ2v) is 26.9. The number of ether oxygens (including phenoxy) is 4. The molecule has 5 aromatic rings. The molecule has 26 nitrogen and oxygen atoms in total. The first-order valence-electron chi connectivity index (χ1n) is 34.6. The number of nitrogens with one attached hydrogen (secondary N) is 4. The molecule has 0 saturated carbocycles. The van der Waals surface area contributed by atoms with Crippen molar-refractivity contribution in [3.63, 3.8) is 0 Å². The summed E-state index contributed by atoms with van der Waals surface area (Å²) in [5, 5.41) is 104. The Bertz CT molecular complexity index is 4030. The number of hydrazone groups is 1. The van der Waals surface area contributed by atoms with Gasteiger partial charge < -0.3 is 95.4 Å². The van der Waals surface area contributed by atoms with Crippen molar-refractivity contribution in [3.8, 4) is 28.7 Å². The van der Waals surface area contributed by atoms with Crippen molar-refractivity contribution in [2.45, 2.75) is 137 Å². The molecule has 4 aromatic carbocycles. The summed E-state index contributed by atoms with van der Waals surface area (Å²) < 4.78 is 67.6. The van der Waals surface area contributed by atoms with Gasteiger partial charge in [-0.05, 0) is 71.0 Å². The van der Waals surface area contributed by atoms with E-state index in [9.17, 15) is 67.8 Å². The average Bonchev–Trinajstić information content (AvgIpc) is 1.63. The van der Waals surface area contributed by atoms with Crippen LogP contribution < -0.4 is 36.3 Å². The number of hydrogen-bond acceptors (Lipinski definition) is 23. The first-order chi connectivity index (χ1) is 48.8. The molecule has 5 bridgehead atoms. The van der Waals surface area contributed by atoms with E-state index in [1.807, 2.05) is 27.8 Å². The number of nitrogens with zero attached hydrogens (tertiary/aromatic N) is 5. The second-order valence-electron chi connectivity index (χ2n) is 26.9. The fraction of sp³-hybridized carbons (Fsp3) is 0.514. The minimum absolute atomic E-state index is 0.0559. The Morgan fingerprint density at radius 1 is 0.835 bits per heavy atom. The first kappa shape index (κ1) is 81.6. The molecule has 0 radical (unpaired) electrons. The number of carbonyl (C=O) groups excluding carboxylic acids is 3. The molecule has 2 fully saturated rings. The molecule has 0 spiro atoms. The lowest BCUT2D eigenvalue weighted by atomic mass is 9.78. The van der Waals surface area contributed by atoms with Gasteiger partial charge in [0.05, 0.1) is 83.1 Å². The van der Waals surface area contributed by atoms with E-state index in [1.54, 1.807) is 49.8 Å². The molecule has 1 amide bonds. The van der Waals surface area contributed by atoms with Crippen LogP contribution in [0.3, 0.4) is 0 Å². The number of carbonyl (C=O) groups is 4. The molecule has 6 heterocycles. The van der Waals surface area contributed by atoms with Crippen molar-refractivity contribution in [2.75, 3.05) is 96.5 Å². The van der Waals surface area contributed by atoms with Gasteiger partial charge in [0.25, 0.3) is 11.7 Å². The highest BCUT2D eigenvalue weighted by molar-refractivity contribution is 6.24. The number of esters is 1. The summed E-state index contributed by atoms with van der Waals surface area (Å²) in [7, 11) is 3.42. The summed E-state index contributed by atoms with van der Waals surface area (Å²) in [6, 6.07) is 5.70. The van der Waals surface area contributed by atoms with E-state index in [1.165, 1.54) is 65.5 Å². The van der Waals surface area contributed by atoms with E-state index < -0.39 is 123 Å². The van der Waals surface area contributed by atoms with Crippen molar-refractivity contribution in [1.29, 1.82) is 0 Å². The fourth-order valence-electron chi connectivity index (χ4n) is 12.9. The van der Waals surface area contributed by atoms with Crippen LogP contribution in [0.25, 0.3) is 27.4 Å². The van der Waals surface area contributed by atoms with Crippen LogP contribution in [0.15, 0.2) is 82.6 Å². The van der Waals surface area contributed by atoms with Gasteiger partial charge in [0.15, 0.2) is 5.75 Å². The number of phenols is 3. The predicted octanol–water partition coefficient (Wildman–Crippen LogP) is 6.95.